The van der Waals surface area contributed by atoms with E-state index in [9.17, 15) is 13.2 Å². The molecule has 1 unspecified atom stereocenters. The Morgan fingerprint density at radius 3 is 2.33 bits per heavy atom. The zero-order valence-corrected chi connectivity index (χ0v) is 11.8. The average Bonchev–Trinajstić information content (AvgIpc) is 2.26. The smallest absolute Gasteiger partial charge is 0.313 e. The first kappa shape index (κ1) is 17.7. The fourth-order valence-corrected chi connectivity index (χ4v) is 1.92. The molecule has 0 aliphatic carbocycles. The van der Waals surface area contributed by atoms with E-state index in [0.29, 0.717) is 6.42 Å². The van der Waals surface area contributed by atoms with Crippen molar-refractivity contribution in [2.75, 3.05) is 26.2 Å². The molecular weight excluding hydrogens is 241 g/mol. The molecule has 1 N–H and O–H groups in total. The summed E-state index contributed by atoms with van der Waals surface area (Å²) in [5.41, 5.74) is 0. The van der Waals surface area contributed by atoms with Crippen molar-refractivity contribution in [2.24, 2.45) is 0 Å². The second-order valence-electron chi connectivity index (χ2n) is 4.80. The third-order valence-corrected chi connectivity index (χ3v) is 3.01. The van der Waals surface area contributed by atoms with Crippen LogP contribution in [-0.4, -0.2) is 43.3 Å². The van der Waals surface area contributed by atoms with Gasteiger partial charge in [-0.05, 0) is 39.3 Å². The predicted octanol–water partition coefficient (Wildman–Crippen LogP) is 3.43. The highest BCUT2D eigenvalue weighted by molar-refractivity contribution is 4.64. The van der Waals surface area contributed by atoms with E-state index in [1.165, 1.54) is 0 Å². The van der Waals surface area contributed by atoms with Gasteiger partial charge in [-0.15, -0.1) is 0 Å². The van der Waals surface area contributed by atoms with E-state index in [1.807, 2.05) is 6.92 Å². The number of hydrogen-bond donors (Lipinski definition) is 1. The lowest BCUT2D eigenvalue weighted by Crippen LogP contribution is -2.36. The van der Waals surface area contributed by atoms with Crippen LogP contribution in [0.15, 0.2) is 0 Å². The molecule has 0 aromatic rings. The topological polar surface area (TPSA) is 15.3 Å². The van der Waals surface area contributed by atoms with Gasteiger partial charge >= 0.3 is 6.18 Å². The summed E-state index contributed by atoms with van der Waals surface area (Å²) >= 11 is 0. The summed E-state index contributed by atoms with van der Waals surface area (Å²) in [6.07, 6.45) is -2.76. The maximum absolute atomic E-state index is 12.0. The van der Waals surface area contributed by atoms with Crippen LogP contribution in [0.25, 0.3) is 0 Å². The molecule has 0 bridgehead atoms. The highest BCUT2D eigenvalue weighted by Gasteiger charge is 2.26. The van der Waals surface area contributed by atoms with Gasteiger partial charge in [-0.3, -0.25) is 0 Å². The summed E-state index contributed by atoms with van der Waals surface area (Å²) < 4.78 is 35.9. The summed E-state index contributed by atoms with van der Waals surface area (Å²) in [4.78, 5) is 2.34. The molecule has 2 nitrogen and oxygen atoms in total. The van der Waals surface area contributed by atoms with Crippen molar-refractivity contribution in [2.45, 2.75) is 58.7 Å². The molecule has 0 heterocycles. The van der Waals surface area contributed by atoms with E-state index in [2.05, 4.69) is 24.1 Å². The van der Waals surface area contributed by atoms with Gasteiger partial charge in [-0.1, -0.05) is 13.8 Å². The Morgan fingerprint density at radius 1 is 1.17 bits per heavy atom. The van der Waals surface area contributed by atoms with Crippen LogP contribution >= 0.6 is 0 Å². The van der Waals surface area contributed by atoms with E-state index in [0.717, 1.165) is 32.6 Å². The molecule has 110 valence electrons. The van der Waals surface area contributed by atoms with Gasteiger partial charge in [0.1, 0.15) is 0 Å². The van der Waals surface area contributed by atoms with E-state index < -0.39 is 12.6 Å². The third kappa shape index (κ3) is 10.8. The van der Waals surface area contributed by atoms with Crippen molar-refractivity contribution in [1.82, 2.24) is 10.2 Å². The largest absolute Gasteiger partial charge is 0.389 e. The van der Waals surface area contributed by atoms with Crippen molar-refractivity contribution in [3.63, 3.8) is 0 Å². The van der Waals surface area contributed by atoms with Crippen LogP contribution in [0.3, 0.4) is 0 Å². The first-order chi connectivity index (χ1) is 8.39. The van der Waals surface area contributed by atoms with Gasteiger partial charge < -0.3 is 10.2 Å². The molecule has 1 atom stereocenters. The van der Waals surface area contributed by atoms with E-state index in [1.54, 1.807) is 0 Å². The quantitative estimate of drug-likeness (QED) is 0.653. The maximum atomic E-state index is 12.0. The predicted molar refractivity (Wildman–Crippen MR) is 69.8 cm³/mol. The first-order valence-corrected chi connectivity index (χ1v) is 6.91. The van der Waals surface area contributed by atoms with E-state index in [-0.39, 0.29) is 12.5 Å². The summed E-state index contributed by atoms with van der Waals surface area (Å²) in [6, 6.07) is 0.160. The van der Waals surface area contributed by atoms with Crippen LogP contribution in [0.2, 0.25) is 0 Å². The summed E-state index contributed by atoms with van der Waals surface area (Å²) in [5.74, 6) is 0. The highest BCUT2D eigenvalue weighted by atomic mass is 19.4. The molecule has 0 aromatic heterocycles. The minimum absolute atomic E-state index is 0.160. The molecule has 0 aliphatic rings. The van der Waals surface area contributed by atoms with Gasteiger partial charge in [0, 0.05) is 25.6 Å². The van der Waals surface area contributed by atoms with Crippen LogP contribution in [0.4, 0.5) is 13.2 Å². The number of halogens is 3. The average molecular weight is 268 g/mol. The van der Waals surface area contributed by atoms with Crippen molar-refractivity contribution in [3.05, 3.63) is 0 Å². The summed E-state index contributed by atoms with van der Waals surface area (Å²) in [5, 5.41) is 3.28. The van der Waals surface area contributed by atoms with Crippen molar-refractivity contribution >= 4 is 0 Å². The zero-order valence-electron chi connectivity index (χ0n) is 11.8. The molecule has 0 aliphatic heterocycles. The standard InChI is InChI=1S/C13H27F3N2/c1-4-10-18(5-2)11-9-17-12(3)7-6-8-13(14,15)16/h12,17H,4-11H2,1-3H3. The molecule has 0 radical (unpaired) electrons. The molecule has 0 aromatic carbocycles. The number of rotatable bonds is 10. The molecule has 0 amide bonds. The normalized spacial score (nSPS) is 14.2. The maximum Gasteiger partial charge on any atom is 0.389 e. The summed E-state index contributed by atoms with van der Waals surface area (Å²) in [7, 11) is 0. The minimum Gasteiger partial charge on any atom is -0.313 e. The first-order valence-electron chi connectivity index (χ1n) is 6.91. The number of nitrogens with zero attached hydrogens (tertiary/aromatic N) is 1. The zero-order chi connectivity index (χ0) is 14.0. The van der Waals surface area contributed by atoms with Crippen molar-refractivity contribution in [1.29, 1.82) is 0 Å². The van der Waals surface area contributed by atoms with Crippen LogP contribution in [0.1, 0.15) is 46.5 Å². The molecule has 5 heteroatoms. The Hall–Kier alpha value is -0.290. The van der Waals surface area contributed by atoms with E-state index >= 15 is 0 Å². The van der Waals surface area contributed by atoms with Crippen molar-refractivity contribution < 1.29 is 13.2 Å². The van der Waals surface area contributed by atoms with Gasteiger partial charge in [0.15, 0.2) is 0 Å². The highest BCUT2D eigenvalue weighted by Crippen LogP contribution is 2.22. The van der Waals surface area contributed by atoms with Gasteiger partial charge in [-0.25, -0.2) is 0 Å². The van der Waals surface area contributed by atoms with Crippen LogP contribution in [0.5, 0.6) is 0 Å². The second kappa shape index (κ2) is 9.62. The van der Waals surface area contributed by atoms with Gasteiger partial charge in [0.25, 0.3) is 0 Å². The molecule has 18 heavy (non-hydrogen) atoms. The van der Waals surface area contributed by atoms with E-state index in [4.69, 9.17) is 0 Å². The molecular formula is C13H27F3N2. The Morgan fingerprint density at radius 2 is 1.83 bits per heavy atom. The van der Waals surface area contributed by atoms with Gasteiger partial charge in [-0.2, -0.15) is 13.2 Å². The molecule has 0 rings (SSSR count). The fraction of sp³-hybridized carbons (Fsp3) is 1.00. The molecule has 0 saturated carbocycles. The van der Waals surface area contributed by atoms with Gasteiger partial charge in [0.05, 0.1) is 0 Å². The lowest BCUT2D eigenvalue weighted by atomic mass is 10.1. The number of likely N-dealkylation sites (N-methyl/N-ethyl adjacent to an activating group) is 1. The molecule has 0 spiro atoms. The molecule has 0 fully saturated rings. The number of alkyl halides is 3. The summed E-state index contributed by atoms with van der Waals surface area (Å²) in [6.45, 7) is 10.2. The second-order valence-corrected chi connectivity index (χ2v) is 4.80. The number of nitrogens with one attached hydrogen (secondary N) is 1. The lowest BCUT2D eigenvalue weighted by molar-refractivity contribution is -0.135. The Bertz CT molecular complexity index is 195. The minimum atomic E-state index is -4.01. The van der Waals surface area contributed by atoms with Crippen molar-refractivity contribution in [3.8, 4) is 0 Å². The monoisotopic (exact) mass is 268 g/mol. The fourth-order valence-electron chi connectivity index (χ4n) is 1.92. The molecule has 0 saturated heterocycles. The Balaban J connectivity index is 3.55. The Labute approximate surface area is 109 Å². The SMILES string of the molecule is CCCN(CC)CCNC(C)CCCC(F)(F)F. The van der Waals surface area contributed by atoms with Gasteiger partial charge in [0.2, 0.25) is 0 Å². The Kier molecular flexibility index (Phi) is 9.46. The lowest BCUT2D eigenvalue weighted by Gasteiger charge is -2.21. The number of hydrogen-bond acceptors (Lipinski definition) is 2. The van der Waals surface area contributed by atoms with Crippen LogP contribution in [0, 0.1) is 0 Å². The van der Waals surface area contributed by atoms with Crippen LogP contribution in [-0.2, 0) is 0 Å². The van der Waals surface area contributed by atoms with Crippen LogP contribution < -0.4 is 5.32 Å². The third-order valence-electron chi connectivity index (χ3n) is 3.01.